The van der Waals surface area contributed by atoms with Crippen LogP contribution in [0.15, 0.2) is 35.3 Å². The van der Waals surface area contributed by atoms with Crippen molar-refractivity contribution in [3.63, 3.8) is 0 Å². The zero-order valence-electron chi connectivity index (χ0n) is 12.9. The Balaban J connectivity index is 1.54. The number of nitrogens with zero attached hydrogens (tertiary/aromatic N) is 4. The lowest BCUT2D eigenvalue weighted by atomic mass is 10.1. The number of carbonyl (C=O) groups is 1. The maximum absolute atomic E-state index is 12.9. The van der Waals surface area contributed by atoms with Crippen molar-refractivity contribution in [3.05, 3.63) is 42.1 Å². The molecule has 0 aromatic carbocycles. The highest BCUT2D eigenvalue weighted by Gasteiger charge is 2.34. The molecular formula is C16H20N4O3. The van der Waals surface area contributed by atoms with Crippen molar-refractivity contribution in [2.45, 2.75) is 32.0 Å². The monoisotopic (exact) mass is 316 g/mol. The smallest absolute Gasteiger partial charge is 0.272 e. The molecule has 0 unspecified atom stereocenters. The fourth-order valence-corrected chi connectivity index (χ4v) is 3.24. The summed E-state index contributed by atoms with van der Waals surface area (Å²) in [6.45, 7) is 3.43. The second kappa shape index (κ2) is 6.17. The summed E-state index contributed by atoms with van der Waals surface area (Å²) in [6, 6.07) is 3.59. The fraction of sp³-hybridized carbons (Fsp3) is 0.500. The van der Waals surface area contributed by atoms with E-state index in [2.05, 4.69) is 10.00 Å². The highest BCUT2D eigenvalue weighted by molar-refractivity contribution is 5.80. The molecule has 1 fully saturated rings. The summed E-state index contributed by atoms with van der Waals surface area (Å²) < 4.78 is 6.98. The molecule has 4 heterocycles. The molecule has 0 saturated carbocycles. The Labute approximate surface area is 134 Å². The number of hydroxylamine groups is 2. The number of aromatic nitrogens is 2. The van der Waals surface area contributed by atoms with E-state index in [0.717, 1.165) is 37.2 Å². The molecule has 2 aromatic heterocycles. The van der Waals surface area contributed by atoms with Gasteiger partial charge in [-0.1, -0.05) is 0 Å². The Morgan fingerprint density at radius 3 is 3.09 bits per heavy atom. The van der Waals surface area contributed by atoms with Crippen LogP contribution in [0.25, 0.3) is 0 Å². The summed E-state index contributed by atoms with van der Waals surface area (Å²) in [5.41, 5.74) is 2.16. The Bertz CT molecular complexity index is 661. The molecule has 0 bridgehead atoms. The second-order valence-corrected chi connectivity index (χ2v) is 6.06. The van der Waals surface area contributed by atoms with Crippen molar-refractivity contribution >= 4 is 5.91 Å². The first-order chi connectivity index (χ1) is 11.3. The van der Waals surface area contributed by atoms with Crippen LogP contribution >= 0.6 is 0 Å². The van der Waals surface area contributed by atoms with Gasteiger partial charge in [-0.05, 0) is 25.0 Å². The van der Waals surface area contributed by atoms with Gasteiger partial charge in [0.25, 0.3) is 5.91 Å². The van der Waals surface area contributed by atoms with Gasteiger partial charge in [0, 0.05) is 37.9 Å². The van der Waals surface area contributed by atoms with Crippen molar-refractivity contribution in [2.75, 3.05) is 19.7 Å². The van der Waals surface area contributed by atoms with Gasteiger partial charge in [0.2, 0.25) is 0 Å². The van der Waals surface area contributed by atoms with Gasteiger partial charge < -0.3 is 4.42 Å². The molecule has 0 aliphatic carbocycles. The predicted molar refractivity (Wildman–Crippen MR) is 81.0 cm³/mol. The number of hydrogen-bond acceptors (Lipinski definition) is 5. The SMILES string of the molecule is O=C([C@@H]1CN(Cc2ccoc2)Cc2ccnn21)N1CCCCO1. The minimum Gasteiger partial charge on any atom is -0.472 e. The van der Waals surface area contributed by atoms with Crippen molar-refractivity contribution < 1.29 is 14.0 Å². The highest BCUT2D eigenvalue weighted by Crippen LogP contribution is 2.24. The third-order valence-electron chi connectivity index (χ3n) is 4.38. The van der Waals surface area contributed by atoms with Crippen LogP contribution in [0.1, 0.15) is 30.1 Å². The van der Waals surface area contributed by atoms with Gasteiger partial charge >= 0.3 is 0 Å². The summed E-state index contributed by atoms with van der Waals surface area (Å²) in [5.74, 6) is -0.00783. The number of carbonyl (C=O) groups excluding carboxylic acids is 1. The van der Waals surface area contributed by atoms with E-state index < -0.39 is 0 Å². The molecule has 1 amide bonds. The number of hydrogen-bond donors (Lipinski definition) is 0. The molecule has 1 atom stereocenters. The number of furan rings is 1. The fourth-order valence-electron chi connectivity index (χ4n) is 3.24. The number of amides is 1. The first kappa shape index (κ1) is 14.5. The second-order valence-electron chi connectivity index (χ2n) is 6.06. The molecule has 2 aliphatic heterocycles. The van der Waals surface area contributed by atoms with Crippen LogP contribution in [0, 0.1) is 0 Å². The Morgan fingerprint density at radius 1 is 1.35 bits per heavy atom. The minimum absolute atomic E-state index is 0.00783. The molecule has 2 aliphatic rings. The first-order valence-corrected chi connectivity index (χ1v) is 8.01. The third kappa shape index (κ3) is 2.89. The normalized spacial score (nSPS) is 22.1. The Morgan fingerprint density at radius 2 is 2.30 bits per heavy atom. The predicted octanol–water partition coefficient (Wildman–Crippen LogP) is 1.59. The van der Waals surface area contributed by atoms with Crippen LogP contribution in [0.2, 0.25) is 0 Å². The lowest BCUT2D eigenvalue weighted by Gasteiger charge is -2.36. The van der Waals surface area contributed by atoms with E-state index in [1.165, 1.54) is 5.06 Å². The van der Waals surface area contributed by atoms with E-state index in [0.29, 0.717) is 19.7 Å². The standard InChI is InChI=1S/C16H20N4O3/c21-16(19-6-1-2-7-23-19)15-11-18(9-13-4-8-22-12-13)10-14-3-5-17-20(14)15/h3-5,8,12,15H,1-2,6-7,9-11H2/t15-/m0/s1. The lowest BCUT2D eigenvalue weighted by molar-refractivity contribution is -0.201. The topological polar surface area (TPSA) is 63.7 Å². The average Bonchev–Trinajstić information content (AvgIpc) is 3.26. The first-order valence-electron chi connectivity index (χ1n) is 8.01. The summed E-state index contributed by atoms with van der Waals surface area (Å²) in [5, 5.41) is 5.87. The van der Waals surface area contributed by atoms with Gasteiger partial charge in [-0.15, -0.1) is 0 Å². The molecule has 7 heteroatoms. The largest absolute Gasteiger partial charge is 0.472 e. The number of rotatable bonds is 3. The zero-order chi connectivity index (χ0) is 15.6. The molecule has 0 radical (unpaired) electrons. The zero-order valence-corrected chi connectivity index (χ0v) is 12.9. The van der Waals surface area contributed by atoms with E-state index in [4.69, 9.17) is 9.25 Å². The van der Waals surface area contributed by atoms with Crippen LogP contribution in [-0.4, -0.2) is 45.3 Å². The molecule has 122 valence electrons. The highest BCUT2D eigenvalue weighted by atomic mass is 16.7. The molecule has 1 saturated heterocycles. The summed E-state index contributed by atoms with van der Waals surface area (Å²) >= 11 is 0. The van der Waals surface area contributed by atoms with Crippen molar-refractivity contribution in [2.24, 2.45) is 0 Å². The summed E-state index contributed by atoms with van der Waals surface area (Å²) in [7, 11) is 0. The van der Waals surface area contributed by atoms with Gasteiger partial charge in [-0.2, -0.15) is 5.10 Å². The minimum atomic E-state index is -0.334. The maximum atomic E-state index is 12.9. The van der Waals surface area contributed by atoms with Crippen LogP contribution in [0.4, 0.5) is 0 Å². The summed E-state index contributed by atoms with van der Waals surface area (Å²) in [6.07, 6.45) is 7.18. The third-order valence-corrected chi connectivity index (χ3v) is 4.38. The molecule has 4 rings (SSSR count). The summed E-state index contributed by atoms with van der Waals surface area (Å²) in [4.78, 5) is 20.6. The van der Waals surface area contributed by atoms with Gasteiger partial charge in [-0.3, -0.25) is 19.2 Å². The Hall–Kier alpha value is -2.12. The van der Waals surface area contributed by atoms with E-state index in [-0.39, 0.29) is 11.9 Å². The molecule has 23 heavy (non-hydrogen) atoms. The van der Waals surface area contributed by atoms with Crippen molar-refractivity contribution in [3.8, 4) is 0 Å². The lowest BCUT2D eigenvalue weighted by Crippen LogP contribution is -2.47. The molecule has 0 N–H and O–H groups in total. The van der Waals surface area contributed by atoms with E-state index in [1.807, 2.05) is 16.8 Å². The van der Waals surface area contributed by atoms with Crippen molar-refractivity contribution in [1.82, 2.24) is 19.7 Å². The van der Waals surface area contributed by atoms with Crippen LogP contribution in [0.5, 0.6) is 0 Å². The van der Waals surface area contributed by atoms with Crippen LogP contribution < -0.4 is 0 Å². The van der Waals surface area contributed by atoms with E-state index in [9.17, 15) is 4.79 Å². The Kier molecular flexibility index (Phi) is 3.88. The molecule has 0 spiro atoms. The van der Waals surface area contributed by atoms with Crippen LogP contribution in [0.3, 0.4) is 0 Å². The quantitative estimate of drug-likeness (QED) is 0.860. The molecule has 2 aromatic rings. The van der Waals surface area contributed by atoms with Gasteiger partial charge in [-0.25, -0.2) is 5.06 Å². The molecular weight excluding hydrogens is 296 g/mol. The van der Waals surface area contributed by atoms with Crippen molar-refractivity contribution in [1.29, 1.82) is 0 Å². The van der Waals surface area contributed by atoms with E-state index in [1.54, 1.807) is 18.7 Å². The van der Waals surface area contributed by atoms with E-state index >= 15 is 0 Å². The van der Waals surface area contributed by atoms with Gasteiger partial charge in [0.15, 0.2) is 0 Å². The van der Waals surface area contributed by atoms with Gasteiger partial charge in [0.05, 0.1) is 24.8 Å². The average molecular weight is 316 g/mol. The maximum Gasteiger partial charge on any atom is 0.272 e. The number of fused-ring (bicyclic) bond motifs is 1. The van der Waals surface area contributed by atoms with Gasteiger partial charge in [0.1, 0.15) is 6.04 Å². The molecule has 7 nitrogen and oxygen atoms in total. The van der Waals surface area contributed by atoms with Crippen LogP contribution in [-0.2, 0) is 22.7 Å².